The Morgan fingerprint density at radius 1 is 1.12 bits per heavy atom. The first-order valence-corrected chi connectivity index (χ1v) is 9.41. The van der Waals surface area contributed by atoms with Gasteiger partial charge in [-0.3, -0.25) is 4.79 Å². The number of benzene rings is 1. The topological polar surface area (TPSA) is 42.7 Å². The van der Waals surface area contributed by atoms with Gasteiger partial charge in [0.1, 0.15) is 11.5 Å². The number of hydrogen-bond donors (Lipinski definition) is 0. The van der Waals surface area contributed by atoms with Gasteiger partial charge in [0.05, 0.1) is 18.9 Å². The third kappa shape index (κ3) is 5.94. The first kappa shape index (κ1) is 20.1. The van der Waals surface area contributed by atoms with E-state index < -0.39 is 0 Å². The zero-order valence-electron chi connectivity index (χ0n) is 16.6. The molecule has 26 heavy (non-hydrogen) atoms. The number of furan rings is 1. The Bertz CT molecular complexity index is 659. The molecule has 1 amide bonds. The van der Waals surface area contributed by atoms with E-state index in [-0.39, 0.29) is 12.0 Å². The minimum atomic E-state index is 0.0737. The van der Waals surface area contributed by atoms with Crippen molar-refractivity contribution in [3.05, 3.63) is 54.0 Å². The summed E-state index contributed by atoms with van der Waals surface area (Å²) in [5, 5.41) is 0. The summed E-state index contributed by atoms with van der Waals surface area (Å²) in [6, 6.07) is 12.1. The quantitative estimate of drug-likeness (QED) is 0.616. The molecule has 1 heterocycles. The number of amides is 1. The fourth-order valence-electron chi connectivity index (χ4n) is 3.18. The SMILES string of the molecule is CC(=O)N(CC[C@H](c1ccc(OC(C)C)cc1)C(C)C)Cc1ccco1. The average molecular weight is 357 g/mol. The van der Waals surface area contributed by atoms with Gasteiger partial charge < -0.3 is 14.1 Å². The molecule has 142 valence electrons. The van der Waals surface area contributed by atoms with Gasteiger partial charge in [-0.15, -0.1) is 0 Å². The molecule has 0 fully saturated rings. The summed E-state index contributed by atoms with van der Waals surface area (Å²) >= 11 is 0. The van der Waals surface area contributed by atoms with Crippen molar-refractivity contribution in [3.8, 4) is 5.75 Å². The van der Waals surface area contributed by atoms with Crippen molar-refractivity contribution >= 4 is 5.91 Å². The third-order valence-corrected chi connectivity index (χ3v) is 4.57. The molecule has 0 aliphatic heterocycles. The number of hydrogen-bond acceptors (Lipinski definition) is 3. The van der Waals surface area contributed by atoms with Crippen LogP contribution >= 0.6 is 0 Å². The highest BCUT2D eigenvalue weighted by molar-refractivity contribution is 5.73. The number of carbonyl (C=O) groups is 1. The Hall–Kier alpha value is -2.23. The number of carbonyl (C=O) groups excluding carboxylic acids is 1. The molecule has 0 spiro atoms. The molecule has 1 aromatic carbocycles. The van der Waals surface area contributed by atoms with Crippen LogP contribution in [0.25, 0.3) is 0 Å². The zero-order valence-corrected chi connectivity index (χ0v) is 16.6. The normalized spacial score (nSPS) is 12.4. The van der Waals surface area contributed by atoms with E-state index in [2.05, 4.69) is 26.0 Å². The van der Waals surface area contributed by atoms with Gasteiger partial charge >= 0.3 is 0 Å². The summed E-state index contributed by atoms with van der Waals surface area (Å²) < 4.78 is 11.1. The fraction of sp³-hybridized carbons (Fsp3) is 0.500. The summed E-state index contributed by atoms with van der Waals surface area (Å²) in [6.45, 7) is 11.4. The van der Waals surface area contributed by atoms with Crippen LogP contribution in [0.1, 0.15) is 58.3 Å². The van der Waals surface area contributed by atoms with Crippen LogP contribution in [0.15, 0.2) is 47.1 Å². The first-order chi connectivity index (χ1) is 12.4. The minimum absolute atomic E-state index is 0.0737. The van der Waals surface area contributed by atoms with Crippen molar-refractivity contribution in [2.45, 2.75) is 59.6 Å². The molecule has 4 nitrogen and oxygen atoms in total. The molecule has 2 rings (SSSR count). The second-order valence-electron chi connectivity index (χ2n) is 7.39. The van der Waals surface area contributed by atoms with E-state index in [1.807, 2.05) is 43.0 Å². The van der Waals surface area contributed by atoms with Crippen LogP contribution in [-0.4, -0.2) is 23.5 Å². The lowest BCUT2D eigenvalue weighted by atomic mass is 9.85. The monoisotopic (exact) mass is 357 g/mol. The standard InChI is InChI=1S/C22H31NO3/c1-16(2)22(19-8-10-20(11-9-19)26-17(3)4)12-13-23(18(5)24)15-21-7-6-14-25-21/h6-11,14,16-17,22H,12-13,15H2,1-5H3/t22-/m0/s1. The van der Waals surface area contributed by atoms with Gasteiger partial charge in [-0.05, 0) is 61.9 Å². The molecular formula is C22H31NO3. The molecule has 0 bridgehead atoms. The van der Waals surface area contributed by atoms with E-state index in [9.17, 15) is 4.79 Å². The van der Waals surface area contributed by atoms with Gasteiger partial charge in [-0.2, -0.15) is 0 Å². The summed E-state index contributed by atoms with van der Waals surface area (Å²) in [5.74, 6) is 2.67. The maximum atomic E-state index is 12.0. The highest BCUT2D eigenvalue weighted by atomic mass is 16.5. The molecule has 0 radical (unpaired) electrons. The summed E-state index contributed by atoms with van der Waals surface area (Å²) in [4.78, 5) is 13.9. The number of ether oxygens (including phenoxy) is 1. The molecule has 4 heteroatoms. The van der Waals surface area contributed by atoms with Crippen LogP contribution in [0.2, 0.25) is 0 Å². The van der Waals surface area contributed by atoms with Crippen molar-refractivity contribution in [1.82, 2.24) is 4.90 Å². The lowest BCUT2D eigenvalue weighted by molar-refractivity contribution is -0.129. The molecule has 2 aromatic rings. The highest BCUT2D eigenvalue weighted by Crippen LogP contribution is 2.30. The van der Waals surface area contributed by atoms with Crippen LogP contribution in [0.4, 0.5) is 0 Å². The van der Waals surface area contributed by atoms with Gasteiger partial charge in [0.25, 0.3) is 0 Å². The molecule has 0 saturated carbocycles. The maximum absolute atomic E-state index is 12.0. The molecule has 0 aliphatic carbocycles. The highest BCUT2D eigenvalue weighted by Gasteiger charge is 2.19. The Morgan fingerprint density at radius 2 is 1.81 bits per heavy atom. The fourth-order valence-corrected chi connectivity index (χ4v) is 3.18. The Morgan fingerprint density at radius 3 is 2.31 bits per heavy atom. The molecule has 1 atom stereocenters. The molecular weight excluding hydrogens is 326 g/mol. The van der Waals surface area contributed by atoms with Gasteiger partial charge in [0, 0.05) is 13.5 Å². The van der Waals surface area contributed by atoms with E-state index in [0.717, 1.165) is 17.9 Å². The molecule has 0 unspecified atom stereocenters. The largest absolute Gasteiger partial charge is 0.491 e. The Labute approximate surface area is 157 Å². The molecule has 1 aromatic heterocycles. The molecule has 0 N–H and O–H groups in total. The van der Waals surface area contributed by atoms with E-state index in [1.165, 1.54) is 5.56 Å². The van der Waals surface area contributed by atoms with Crippen LogP contribution in [0.5, 0.6) is 5.75 Å². The van der Waals surface area contributed by atoms with E-state index in [0.29, 0.717) is 24.9 Å². The summed E-state index contributed by atoms with van der Waals surface area (Å²) in [5.41, 5.74) is 1.29. The van der Waals surface area contributed by atoms with Crippen LogP contribution < -0.4 is 4.74 Å². The van der Waals surface area contributed by atoms with Gasteiger partial charge in [-0.25, -0.2) is 0 Å². The van der Waals surface area contributed by atoms with Gasteiger partial charge in [-0.1, -0.05) is 26.0 Å². The summed E-state index contributed by atoms with van der Waals surface area (Å²) in [7, 11) is 0. The van der Waals surface area contributed by atoms with Crippen LogP contribution in [-0.2, 0) is 11.3 Å². The molecule has 0 saturated heterocycles. The average Bonchev–Trinajstić information content (AvgIpc) is 3.07. The van der Waals surface area contributed by atoms with Crippen molar-refractivity contribution in [3.63, 3.8) is 0 Å². The first-order valence-electron chi connectivity index (χ1n) is 9.41. The maximum Gasteiger partial charge on any atom is 0.219 e. The Kier molecular flexibility index (Phi) is 7.31. The minimum Gasteiger partial charge on any atom is -0.491 e. The lowest BCUT2D eigenvalue weighted by Crippen LogP contribution is -2.30. The third-order valence-electron chi connectivity index (χ3n) is 4.57. The lowest BCUT2D eigenvalue weighted by Gasteiger charge is -2.26. The van der Waals surface area contributed by atoms with Crippen molar-refractivity contribution in [2.24, 2.45) is 5.92 Å². The van der Waals surface area contributed by atoms with E-state index in [1.54, 1.807) is 13.2 Å². The van der Waals surface area contributed by atoms with E-state index in [4.69, 9.17) is 9.15 Å². The summed E-state index contributed by atoms with van der Waals surface area (Å²) in [6.07, 6.45) is 2.74. The van der Waals surface area contributed by atoms with Crippen LogP contribution in [0.3, 0.4) is 0 Å². The van der Waals surface area contributed by atoms with Crippen molar-refractivity contribution in [2.75, 3.05) is 6.54 Å². The number of nitrogens with zero attached hydrogens (tertiary/aromatic N) is 1. The van der Waals surface area contributed by atoms with Crippen molar-refractivity contribution in [1.29, 1.82) is 0 Å². The van der Waals surface area contributed by atoms with Gasteiger partial charge in [0.2, 0.25) is 5.91 Å². The number of rotatable bonds is 9. The second-order valence-corrected chi connectivity index (χ2v) is 7.39. The van der Waals surface area contributed by atoms with Crippen molar-refractivity contribution < 1.29 is 13.9 Å². The zero-order chi connectivity index (χ0) is 19.1. The second kappa shape index (κ2) is 9.46. The van der Waals surface area contributed by atoms with Gasteiger partial charge in [0.15, 0.2) is 0 Å². The van der Waals surface area contributed by atoms with Crippen LogP contribution in [0, 0.1) is 5.92 Å². The smallest absolute Gasteiger partial charge is 0.219 e. The van der Waals surface area contributed by atoms with E-state index >= 15 is 0 Å². The predicted molar refractivity (Wildman–Crippen MR) is 104 cm³/mol. The Balaban J connectivity index is 2.03. The predicted octanol–water partition coefficient (Wildman–Crippen LogP) is 5.25. The molecule has 0 aliphatic rings.